The van der Waals surface area contributed by atoms with Gasteiger partial charge in [0.2, 0.25) is 0 Å². The fourth-order valence-corrected chi connectivity index (χ4v) is 4.00. The minimum Gasteiger partial charge on any atom is -0.494 e. The lowest BCUT2D eigenvalue weighted by molar-refractivity contribution is 0.0699. The highest BCUT2D eigenvalue weighted by atomic mass is 19.1. The average molecular weight is 458 g/mol. The molecule has 0 unspecified atom stereocenters. The SMILES string of the molecule is CCCCCCCOc1ccc(-c2ccc(-c3cc(C(=O)O)c4cc(F)ccc4n3)cc2)cc1. The molecule has 3 aromatic carbocycles. The van der Waals surface area contributed by atoms with E-state index in [0.717, 1.165) is 35.5 Å². The molecule has 1 aromatic heterocycles. The number of unbranched alkanes of at least 4 members (excludes halogenated alkanes) is 4. The van der Waals surface area contributed by atoms with Crippen molar-refractivity contribution in [1.29, 1.82) is 0 Å². The summed E-state index contributed by atoms with van der Waals surface area (Å²) in [6.45, 7) is 2.95. The summed E-state index contributed by atoms with van der Waals surface area (Å²) in [7, 11) is 0. The van der Waals surface area contributed by atoms with E-state index >= 15 is 0 Å². The van der Waals surface area contributed by atoms with Crippen LogP contribution in [0, 0.1) is 5.82 Å². The number of aromatic nitrogens is 1. The van der Waals surface area contributed by atoms with E-state index in [2.05, 4.69) is 11.9 Å². The number of rotatable bonds is 10. The summed E-state index contributed by atoms with van der Waals surface area (Å²) >= 11 is 0. The van der Waals surface area contributed by atoms with E-state index in [1.807, 2.05) is 48.5 Å². The Morgan fingerprint density at radius 1 is 0.853 bits per heavy atom. The molecule has 4 aromatic rings. The number of hydrogen-bond donors (Lipinski definition) is 1. The first-order chi connectivity index (χ1) is 16.5. The molecule has 174 valence electrons. The van der Waals surface area contributed by atoms with Gasteiger partial charge in [0.05, 0.1) is 23.4 Å². The van der Waals surface area contributed by atoms with E-state index in [-0.39, 0.29) is 10.9 Å². The standard InChI is InChI=1S/C29H28FNO3/c1-2-3-4-5-6-17-34-24-14-11-21(12-15-24)20-7-9-22(10-8-20)28-19-26(29(32)33)25-18-23(30)13-16-27(25)31-28/h7-16,18-19H,2-6,17H2,1H3,(H,32,33). The van der Waals surface area contributed by atoms with Gasteiger partial charge in [0, 0.05) is 10.9 Å². The van der Waals surface area contributed by atoms with E-state index in [1.165, 1.54) is 49.9 Å². The number of carboxylic acids is 1. The average Bonchev–Trinajstić information content (AvgIpc) is 2.86. The van der Waals surface area contributed by atoms with Gasteiger partial charge < -0.3 is 9.84 Å². The molecule has 4 rings (SSSR count). The van der Waals surface area contributed by atoms with Crippen LogP contribution >= 0.6 is 0 Å². The summed E-state index contributed by atoms with van der Waals surface area (Å²) in [4.78, 5) is 16.3. The number of ether oxygens (including phenoxy) is 1. The normalized spacial score (nSPS) is 11.0. The first-order valence-corrected chi connectivity index (χ1v) is 11.7. The molecule has 1 N–H and O–H groups in total. The van der Waals surface area contributed by atoms with E-state index in [1.54, 1.807) is 0 Å². The molecule has 4 nitrogen and oxygen atoms in total. The lowest BCUT2D eigenvalue weighted by Crippen LogP contribution is -2.00. The molecule has 0 bridgehead atoms. The lowest BCUT2D eigenvalue weighted by Gasteiger charge is -2.09. The van der Waals surface area contributed by atoms with Crippen LogP contribution in [0.4, 0.5) is 4.39 Å². The van der Waals surface area contributed by atoms with E-state index < -0.39 is 11.8 Å². The smallest absolute Gasteiger partial charge is 0.336 e. The van der Waals surface area contributed by atoms with Crippen molar-refractivity contribution >= 4 is 16.9 Å². The van der Waals surface area contributed by atoms with E-state index in [0.29, 0.717) is 11.2 Å². The number of fused-ring (bicyclic) bond motifs is 1. The summed E-state index contributed by atoms with van der Waals surface area (Å²) in [5, 5.41) is 9.89. The number of aromatic carboxylic acids is 1. The number of carbonyl (C=O) groups is 1. The molecule has 0 fully saturated rings. The largest absolute Gasteiger partial charge is 0.494 e. The van der Waals surface area contributed by atoms with Crippen LogP contribution in [0.15, 0.2) is 72.8 Å². The van der Waals surface area contributed by atoms with Crippen LogP contribution in [0.25, 0.3) is 33.3 Å². The molecule has 5 heteroatoms. The summed E-state index contributed by atoms with van der Waals surface area (Å²) in [5.41, 5.74) is 3.91. The Kier molecular flexibility index (Phi) is 7.53. The minimum absolute atomic E-state index is 0.0320. The summed E-state index contributed by atoms with van der Waals surface area (Å²) in [6.07, 6.45) is 6.07. The second-order valence-corrected chi connectivity index (χ2v) is 8.39. The van der Waals surface area contributed by atoms with Crippen LogP contribution in [0.5, 0.6) is 5.75 Å². The van der Waals surface area contributed by atoms with Crippen molar-refractivity contribution in [1.82, 2.24) is 4.98 Å². The number of hydrogen-bond acceptors (Lipinski definition) is 3. The van der Waals surface area contributed by atoms with E-state index in [4.69, 9.17) is 4.74 Å². The van der Waals surface area contributed by atoms with Crippen LogP contribution in [0.3, 0.4) is 0 Å². The predicted octanol–water partition coefficient (Wildman–Crippen LogP) is 7.76. The van der Waals surface area contributed by atoms with Gasteiger partial charge in [-0.15, -0.1) is 0 Å². The molecule has 0 aliphatic rings. The Balaban J connectivity index is 1.48. The molecule has 0 aliphatic carbocycles. The highest BCUT2D eigenvalue weighted by Gasteiger charge is 2.14. The lowest BCUT2D eigenvalue weighted by atomic mass is 10.0. The van der Waals surface area contributed by atoms with Crippen LogP contribution in [-0.2, 0) is 0 Å². The highest BCUT2D eigenvalue weighted by molar-refractivity contribution is 6.03. The van der Waals surface area contributed by atoms with Gasteiger partial charge in [-0.2, -0.15) is 0 Å². The van der Waals surface area contributed by atoms with Gasteiger partial charge in [-0.3, -0.25) is 0 Å². The minimum atomic E-state index is -1.11. The van der Waals surface area contributed by atoms with Gasteiger partial charge in [0.25, 0.3) is 0 Å². The topological polar surface area (TPSA) is 59.4 Å². The Morgan fingerprint density at radius 3 is 2.18 bits per heavy atom. The quantitative estimate of drug-likeness (QED) is 0.247. The maximum atomic E-state index is 13.6. The molecule has 0 spiro atoms. The van der Waals surface area contributed by atoms with E-state index in [9.17, 15) is 14.3 Å². The zero-order valence-electron chi connectivity index (χ0n) is 19.3. The van der Waals surface area contributed by atoms with Crippen molar-refractivity contribution in [2.75, 3.05) is 6.61 Å². The number of pyridine rings is 1. The molecular weight excluding hydrogens is 429 g/mol. The Hall–Kier alpha value is -3.73. The Labute approximate surface area is 199 Å². The van der Waals surface area contributed by atoms with Crippen LogP contribution in [0.2, 0.25) is 0 Å². The van der Waals surface area contributed by atoms with Crippen LogP contribution in [0.1, 0.15) is 49.4 Å². The number of nitrogens with zero attached hydrogens (tertiary/aromatic N) is 1. The molecule has 34 heavy (non-hydrogen) atoms. The summed E-state index contributed by atoms with van der Waals surface area (Å²) in [5.74, 6) is -0.731. The number of benzene rings is 3. The van der Waals surface area contributed by atoms with Crippen LogP contribution in [-0.4, -0.2) is 22.7 Å². The van der Waals surface area contributed by atoms with Crippen LogP contribution < -0.4 is 4.74 Å². The highest BCUT2D eigenvalue weighted by Crippen LogP contribution is 2.29. The van der Waals surface area contributed by atoms with Crippen molar-refractivity contribution in [2.24, 2.45) is 0 Å². The Bertz CT molecular complexity index is 1270. The maximum Gasteiger partial charge on any atom is 0.336 e. The third kappa shape index (κ3) is 5.60. The van der Waals surface area contributed by atoms with Crippen molar-refractivity contribution in [3.05, 3.63) is 84.2 Å². The molecule has 0 atom stereocenters. The van der Waals surface area contributed by atoms with Gasteiger partial charge in [0.1, 0.15) is 11.6 Å². The van der Waals surface area contributed by atoms with Gasteiger partial charge in [-0.25, -0.2) is 14.2 Å². The fraction of sp³-hybridized carbons (Fsp3) is 0.241. The van der Waals surface area contributed by atoms with Gasteiger partial charge in [-0.05, 0) is 53.9 Å². The second kappa shape index (κ2) is 10.9. The maximum absolute atomic E-state index is 13.6. The molecular formula is C29H28FNO3. The zero-order chi connectivity index (χ0) is 23.9. The van der Waals surface area contributed by atoms with Crippen molar-refractivity contribution in [2.45, 2.75) is 39.0 Å². The Morgan fingerprint density at radius 2 is 1.50 bits per heavy atom. The second-order valence-electron chi connectivity index (χ2n) is 8.39. The van der Waals surface area contributed by atoms with Gasteiger partial charge in [-0.1, -0.05) is 69.0 Å². The zero-order valence-corrected chi connectivity index (χ0v) is 19.3. The molecule has 0 saturated carbocycles. The first kappa shape index (κ1) is 23.4. The molecule has 0 aliphatic heterocycles. The third-order valence-corrected chi connectivity index (χ3v) is 5.89. The summed E-state index contributed by atoms with van der Waals surface area (Å²) in [6, 6.07) is 21.3. The number of carboxylic acid groups (broad SMARTS) is 1. The number of halogens is 1. The molecule has 0 amide bonds. The predicted molar refractivity (Wildman–Crippen MR) is 134 cm³/mol. The van der Waals surface area contributed by atoms with Gasteiger partial charge >= 0.3 is 5.97 Å². The first-order valence-electron chi connectivity index (χ1n) is 11.7. The van der Waals surface area contributed by atoms with Crippen molar-refractivity contribution < 1.29 is 19.0 Å². The monoisotopic (exact) mass is 457 g/mol. The van der Waals surface area contributed by atoms with Crippen molar-refractivity contribution in [3.63, 3.8) is 0 Å². The molecule has 1 heterocycles. The third-order valence-electron chi connectivity index (χ3n) is 5.89. The molecule has 0 saturated heterocycles. The fourth-order valence-electron chi connectivity index (χ4n) is 4.00. The summed E-state index contributed by atoms with van der Waals surface area (Å²) < 4.78 is 19.5. The van der Waals surface area contributed by atoms with Gasteiger partial charge in [0.15, 0.2) is 0 Å². The molecule has 0 radical (unpaired) electrons. The van der Waals surface area contributed by atoms with Crippen molar-refractivity contribution in [3.8, 4) is 28.1 Å².